The highest BCUT2D eigenvalue weighted by molar-refractivity contribution is 6.30. The van der Waals surface area contributed by atoms with E-state index in [0.717, 1.165) is 5.56 Å². The van der Waals surface area contributed by atoms with Gasteiger partial charge in [0.2, 0.25) is 0 Å². The highest BCUT2D eigenvalue weighted by Crippen LogP contribution is 2.42. The summed E-state index contributed by atoms with van der Waals surface area (Å²) in [5.74, 6) is 0. The third-order valence-corrected chi connectivity index (χ3v) is 6.42. The van der Waals surface area contributed by atoms with Gasteiger partial charge in [-0.15, -0.1) is 0 Å². The maximum atomic E-state index is 10.6. The van der Waals surface area contributed by atoms with Crippen molar-refractivity contribution < 1.29 is 29.9 Å². The van der Waals surface area contributed by atoms with Gasteiger partial charge in [-0.05, 0) is 36.0 Å². The molecule has 178 valence electrons. The lowest BCUT2D eigenvalue weighted by molar-refractivity contribution is -0.341. The second kappa shape index (κ2) is 10.1. The molecule has 9 nitrogen and oxygen atoms in total. The number of halogens is 1. The molecule has 1 saturated heterocycles. The predicted octanol–water partition coefficient (Wildman–Crippen LogP) is 1.17. The standard InChI is InChI=1S/C22H32ClN3O6/c1-21(2,3)22(11-26-13-24-12-25-26,9-8-14-4-6-15(23)7-5-14)32-20-19(30)18(29)17(28)16(10-27)31-20/h4-7,12-13,16-20,27-30H,8-11H2,1-3H3/t16-,17-,18+,19-,20+,22?/m1/s1. The quantitative estimate of drug-likeness (QED) is 0.453. The lowest BCUT2D eigenvalue weighted by Gasteiger charge is -2.49. The Morgan fingerprint density at radius 2 is 1.78 bits per heavy atom. The summed E-state index contributed by atoms with van der Waals surface area (Å²) in [5, 5.41) is 45.4. The van der Waals surface area contributed by atoms with Crippen molar-refractivity contribution >= 4 is 11.6 Å². The maximum Gasteiger partial charge on any atom is 0.187 e. The average Bonchev–Trinajstić information content (AvgIpc) is 3.25. The number of rotatable bonds is 8. The lowest BCUT2D eigenvalue weighted by Crippen LogP contribution is -2.62. The molecule has 0 bridgehead atoms. The summed E-state index contributed by atoms with van der Waals surface area (Å²) >= 11 is 6.01. The minimum absolute atomic E-state index is 0.305. The van der Waals surface area contributed by atoms with Crippen LogP contribution in [0, 0.1) is 5.41 Å². The van der Waals surface area contributed by atoms with Crippen molar-refractivity contribution in [3.05, 3.63) is 47.5 Å². The molecule has 1 aliphatic rings. The van der Waals surface area contributed by atoms with Gasteiger partial charge < -0.3 is 29.9 Å². The molecule has 0 aliphatic carbocycles. The van der Waals surface area contributed by atoms with E-state index in [4.69, 9.17) is 21.1 Å². The van der Waals surface area contributed by atoms with Crippen LogP contribution in [0.4, 0.5) is 0 Å². The van der Waals surface area contributed by atoms with E-state index >= 15 is 0 Å². The van der Waals surface area contributed by atoms with Gasteiger partial charge in [0, 0.05) is 5.02 Å². The third-order valence-electron chi connectivity index (χ3n) is 6.17. The number of nitrogens with zero attached hydrogens (tertiary/aromatic N) is 3. The Morgan fingerprint density at radius 3 is 2.34 bits per heavy atom. The molecule has 1 aromatic heterocycles. The van der Waals surface area contributed by atoms with Gasteiger partial charge in [0.05, 0.1) is 18.8 Å². The molecule has 3 rings (SSSR count). The van der Waals surface area contributed by atoms with Crippen molar-refractivity contribution in [2.75, 3.05) is 6.61 Å². The summed E-state index contributed by atoms with van der Waals surface area (Å²) in [6, 6.07) is 7.54. The molecule has 1 aromatic carbocycles. The molecular formula is C22H32ClN3O6. The van der Waals surface area contributed by atoms with Crippen LogP contribution in [0.25, 0.3) is 0 Å². The van der Waals surface area contributed by atoms with Crippen molar-refractivity contribution in [1.82, 2.24) is 14.8 Å². The molecule has 1 fully saturated rings. The second-order valence-corrected chi connectivity index (χ2v) is 9.72. The molecule has 6 atom stereocenters. The Balaban J connectivity index is 1.93. The van der Waals surface area contributed by atoms with Crippen LogP contribution in [0.3, 0.4) is 0 Å². The number of hydrogen-bond acceptors (Lipinski definition) is 8. The van der Waals surface area contributed by atoms with Gasteiger partial charge in [-0.2, -0.15) is 5.10 Å². The van der Waals surface area contributed by atoms with E-state index in [1.807, 2.05) is 45.0 Å². The average molecular weight is 470 g/mol. The number of aliphatic hydroxyl groups excluding tert-OH is 4. The van der Waals surface area contributed by atoms with Crippen LogP contribution >= 0.6 is 11.6 Å². The van der Waals surface area contributed by atoms with Crippen LogP contribution in [0.5, 0.6) is 0 Å². The lowest BCUT2D eigenvalue weighted by atomic mass is 9.72. The fourth-order valence-electron chi connectivity index (χ4n) is 3.92. The Morgan fingerprint density at radius 1 is 1.09 bits per heavy atom. The van der Waals surface area contributed by atoms with Gasteiger partial charge >= 0.3 is 0 Å². The van der Waals surface area contributed by atoms with Crippen LogP contribution in [0.15, 0.2) is 36.9 Å². The fourth-order valence-corrected chi connectivity index (χ4v) is 4.05. The molecule has 0 amide bonds. The maximum absolute atomic E-state index is 10.6. The molecular weight excluding hydrogens is 438 g/mol. The van der Waals surface area contributed by atoms with Crippen LogP contribution < -0.4 is 0 Å². The molecule has 4 N–H and O–H groups in total. The highest BCUT2D eigenvalue weighted by Gasteiger charge is 2.51. The predicted molar refractivity (Wildman–Crippen MR) is 117 cm³/mol. The van der Waals surface area contributed by atoms with Crippen LogP contribution in [0.2, 0.25) is 5.02 Å². The first-order valence-corrected chi connectivity index (χ1v) is 11.0. The zero-order valence-electron chi connectivity index (χ0n) is 18.5. The highest BCUT2D eigenvalue weighted by atomic mass is 35.5. The Kier molecular flexibility index (Phi) is 7.93. The van der Waals surface area contributed by atoms with Crippen LogP contribution in [0.1, 0.15) is 32.8 Å². The SMILES string of the molecule is CC(C)(C)C(CCc1ccc(Cl)cc1)(Cn1cncn1)O[C@@H]1O[C@H](CO)[C@@H](O)[C@H](O)[C@H]1O. The van der Waals surface area contributed by atoms with Crippen molar-refractivity contribution in [2.24, 2.45) is 5.41 Å². The molecule has 2 heterocycles. The van der Waals surface area contributed by atoms with Gasteiger partial charge in [-0.3, -0.25) is 4.68 Å². The van der Waals surface area contributed by atoms with E-state index in [-0.39, 0.29) is 0 Å². The van der Waals surface area contributed by atoms with E-state index in [1.54, 1.807) is 11.0 Å². The zero-order chi connectivity index (χ0) is 23.5. The Labute approximate surface area is 192 Å². The number of aryl methyl sites for hydroxylation is 1. The molecule has 10 heteroatoms. The van der Waals surface area contributed by atoms with Crippen molar-refractivity contribution in [3.8, 4) is 0 Å². The molecule has 1 unspecified atom stereocenters. The molecule has 1 aliphatic heterocycles. The minimum Gasteiger partial charge on any atom is -0.394 e. The second-order valence-electron chi connectivity index (χ2n) is 9.28. The van der Waals surface area contributed by atoms with Gasteiger partial charge in [-0.1, -0.05) is 44.5 Å². The topological polar surface area (TPSA) is 130 Å². The summed E-state index contributed by atoms with van der Waals surface area (Å²) in [4.78, 5) is 4.02. The van der Waals surface area contributed by atoms with Gasteiger partial charge in [0.1, 0.15) is 37.1 Å². The summed E-state index contributed by atoms with van der Waals surface area (Å²) < 4.78 is 13.8. The van der Waals surface area contributed by atoms with Gasteiger partial charge in [0.25, 0.3) is 0 Å². The van der Waals surface area contributed by atoms with Crippen LogP contribution in [-0.2, 0) is 22.4 Å². The Hall–Kier alpha value is -1.59. The van der Waals surface area contributed by atoms with E-state index < -0.39 is 48.3 Å². The first-order valence-electron chi connectivity index (χ1n) is 10.6. The zero-order valence-corrected chi connectivity index (χ0v) is 19.3. The van der Waals surface area contributed by atoms with E-state index in [9.17, 15) is 20.4 Å². The third kappa shape index (κ3) is 5.48. The van der Waals surface area contributed by atoms with E-state index in [2.05, 4.69) is 10.1 Å². The largest absolute Gasteiger partial charge is 0.394 e. The van der Waals surface area contributed by atoms with Crippen molar-refractivity contribution in [2.45, 2.75) is 76.5 Å². The first kappa shape index (κ1) is 25.0. The normalized spacial score (nSPS) is 28.4. The monoisotopic (exact) mass is 469 g/mol. The fraction of sp³-hybridized carbons (Fsp3) is 0.636. The first-order chi connectivity index (χ1) is 15.1. The molecule has 2 aromatic rings. The van der Waals surface area contributed by atoms with Gasteiger partial charge in [-0.25, -0.2) is 4.98 Å². The molecule has 0 radical (unpaired) electrons. The molecule has 0 saturated carbocycles. The molecule has 0 spiro atoms. The number of ether oxygens (including phenoxy) is 2. The van der Waals surface area contributed by atoms with E-state index in [1.165, 1.54) is 6.33 Å². The summed E-state index contributed by atoms with van der Waals surface area (Å²) in [6.45, 7) is 5.81. The number of benzene rings is 1. The van der Waals surface area contributed by atoms with Crippen LogP contribution in [-0.4, -0.2) is 78.1 Å². The number of aliphatic hydroxyl groups is 4. The smallest absolute Gasteiger partial charge is 0.187 e. The minimum atomic E-state index is -1.52. The number of hydrogen-bond donors (Lipinski definition) is 4. The summed E-state index contributed by atoms with van der Waals surface area (Å²) in [7, 11) is 0. The molecule has 32 heavy (non-hydrogen) atoms. The van der Waals surface area contributed by atoms with Crippen molar-refractivity contribution in [3.63, 3.8) is 0 Å². The Bertz CT molecular complexity index is 842. The van der Waals surface area contributed by atoms with Gasteiger partial charge in [0.15, 0.2) is 6.29 Å². The summed E-state index contributed by atoms with van der Waals surface area (Å²) in [6.07, 6.45) is -2.62. The summed E-state index contributed by atoms with van der Waals surface area (Å²) in [5.41, 5.74) is -0.336. The number of aromatic nitrogens is 3. The van der Waals surface area contributed by atoms with Crippen molar-refractivity contribution in [1.29, 1.82) is 0 Å². The van der Waals surface area contributed by atoms with E-state index in [0.29, 0.717) is 24.4 Å².